The third-order valence-corrected chi connectivity index (χ3v) is 2.46. The highest BCUT2D eigenvalue weighted by atomic mass is 16.3. The van der Waals surface area contributed by atoms with Crippen molar-refractivity contribution in [3.63, 3.8) is 0 Å². The van der Waals surface area contributed by atoms with Crippen LogP contribution in [0.2, 0.25) is 0 Å². The van der Waals surface area contributed by atoms with Gasteiger partial charge in [-0.3, -0.25) is 4.79 Å². The number of carbonyl (C=O) groups is 1. The summed E-state index contributed by atoms with van der Waals surface area (Å²) in [4.78, 5) is 13.3. The summed E-state index contributed by atoms with van der Waals surface area (Å²) in [7, 11) is 1.79. The molecule has 0 saturated heterocycles. The molecule has 1 rings (SSSR count). The average Bonchev–Trinajstić information content (AvgIpc) is 2.27. The van der Waals surface area contributed by atoms with Crippen LogP contribution < -0.4 is 4.90 Å². The predicted molar refractivity (Wildman–Crippen MR) is 66.1 cm³/mol. The molecule has 90 valence electrons. The lowest BCUT2D eigenvalue weighted by atomic mass is 10.1. The Morgan fingerprint density at radius 1 is 1.59 bits per heavy atom. The van der Waals surface area contributed by atoms with Gasteiger partial charge in [0.15, 0.2) is 5.78 Å². The van der Waals surface area contributed by atoms with E-state index in [9.17, 15) is 9.90 Å². The molecule has 1 unspecified atom stereocenters. The lowest BCUT2D eigenvalue weighted by Crippen LogP contribution is -2.28. The second-order valence-electron chi connectivity index (χ2n) is 4.13. The first-order valence-corrected chi connectivity index (χ1v) is 5.40. The lowest BCUT2D eigenvalue weighted by molar-refractivity contribution is 0.101. The van der Waals surface area contributed by atoms with Crippen LogP contribution >= 0.6 is 0 Å². The topological polar surface area (TPSA) is 64.3 Å². The molecule has 17 heavy (non-hydrogen) atoms. The summed E-state index contributed by atoms with van der Waals surface area (Å²) >= 11 is 0. The van der Waals surface area contributed by atoms with Gasteiger partial charge in [-0.05, 0) is 32.0 Å². The van der Waals surface area contributed by atoms with E-state index in [1.165, 1.54) is 6.92 Å². The second kappa shape index (κ2) is 5.46. The first-order valence-electron chi connectivity index (χ1n) is 5.40. The SMILES string of the molecule is CC(=O)c1ccc(C#N)cc1N(C)CC(C)O. The Morgan fingerprint density at radius 3 is 2.71 bits per heavy atom. The number of hydrogen-bond acceptors (Lipinski definition) is 4. The van der Waals surface area contributed by atoms with Gasteiger partial charge in [0.2, 0.25) is 0 Å². The van der Waals surface area contributed by atoms with Crippen molar-refractivity contribution in [2.45, 2.75) is 20.0 Å². The maximum atomic E-state index is 11.5. The fraction of sp³-hybridized carbons (Fsp3) is 0.385. The minimum Gasteiger partial charge on any atom is -0.392 e. The molecule has 1 aromatic carbocycles. The van der Waals surface area contributed by atoms with E-state index in [1.54, 1.807) is 37.1 Å². The highest BCUT2D eigenvalue weighted by molar-refractivity contribution is 6.00. The van der Waals surface area contributed by atoms with Crippen LogP contribution in [-0.2, 0) is 0 Å². The van der Waals surface area contributed by atoms with E-state index in [0.717, 1.165) is 0 Å². The molecule has 0 saturated carbocycles. The molecule has 0 fully saturated rings. The summed E-state index contributed by atoms with van der Waals surface area (Å²) in [6.45, 7) is 3.58. The van der Waals surface area contributed by atoms with Gasteiger partial charge in [0, 0.05) is 24.8 Å². The van der Waals surface area contributed by atoms with Gasteiger partial charge >= 0.3 is 0 Å². The predicted octanol–water partition coefficient (Wildman–Crippen LogP) is 1.58. The third-order valence-electron chi connectivity index (χ3n) is 2.46. The summed E-state index contributed by atoms with van der Waals surface area (Å²) in [6.07, 6.45) is -0.495. The molecule has 0 aliphatic rings. The standard InChI is InChI=1S/C13H16N2O2/c1-9(16)8-15(3)13-6-11(7-14)4-5-12(13)10(2)17/h4-6,9,16H,8H2,1-3H3. The monoisotopic (exact) mass is 232 g/mol. The van der Waals surface area contributed by atoms with Gasteiger partial charge in [0.05, 0.1) is 17.7 Å². The number of aliphatic hydroxyl groups is 1. The summed E-state index contributed by atoms with van der Waals surface area (Å²) in [5, 5.41) is 18.2. The molecule has 0 aliphatic heterocycles. The van der Waals surface area contributed by atoms with Gasteiger partial charge in [-0.25, -0.2) is 0 Å². The molecule has 0 aromatic heterocycles. The molecular weight excluding hydrogens is 216 g/mol. The molecule has 4 nitrogen and oxygen atoms in total. The molecular formula is C13H16N2O2. The van der Waals surface area contributed by atoms with Crippen LogP contribution in [-0.4, -0.2) is 30.6 Å². The third kappa shape index (κ3) is 3.30. The van der Waals surface area contributed by atoms with Crippen LogP contribution in [0.1, 0.15) is 29.8 Å². The van der Waals surface area contributed by atoms with E-state index in [0.29, 0.717) is 23.4 Å². The molecule has 0 aliphatic carbocycles. The fourth-order valence-corrected chi connectivity index (χ4v) is 1.71. The lowest BCUT2D eigenvalue weighted by Gasteiger charge is -2.23. The largest absolute Gasteiger partial charge is 0.392 e. The Labute approximate surface area is 101 Å². The highest BCUT2D eigenvalue weighted by Crippen LogP contribution is 2.22. The quantitative estimate of drug-likeness (QED) is 0.800. The van der Waals surface area contributed by atoms with Gasteiger partial charge in [0.1, 0.15) is 0 Å². The van der Waals surface area contributed by atoms with Crippen LogP contribution in [0.25, 0.3) is 0 Å². The number of Topliss-reactive ketones (excluding diaryl/α,β-unsaturated/α-hetero) is 1. The number of likely N-dealkylation sites (N-methyl/N-ethyl adjacent to an activating group) is 1. The molecule has 0 bridgehead atoms. The Kier molecular flexibility index (Phi) is 4.24. The van der Waals surface area contributed by atoms with Crippen molar-refractivity contribution in [2.24, 2.45) is 0 Å². The van der Waals surface area contributed by atoms with Crippen molar-refractivity contribution in [2.75, 3.05) is 18.5 Å². The Hall–Kier alpha value is -1.86. The maximum absolute atomic E-state index is 11.5. The highest BCUT2D eigenvalue weighted by Gasteiger charge is 2.13. The van der Waals surface area contributed by atoms with Gasteiger partial charge in [0.25, 0.3) is 0 Å². The normalized spacial score (nSPS) is 11.7. The van der Waals surface area contributed by atoms with Crippen LogP contribution in [0.5, 0.6) is 0 Å². The van der Waals surface area contributed by atoms with Crippen LogP contribution in [0, 0.1) is 11.3 Å². The second-order valence-corrected chi connectivity index (χ2v) is 4.13. The van der Waals surface area contributed by atoms with Crippen molar-refractivity contribution >= 4 is 11.5 Å². The molecule has 4 heteroatoms. The minimum atomic E-state index is -0.495. The van der Waals surface area contributed by atoms with Crippen LogP contribution in [0.3, 0.4) is 0 Å². The maximum Gasteiger partial charge on any atom is 0.161 e. The molecule has 1 atom stereocenters. The van der Waals surface area contributed by atoms with E-state index < -0.39 is 6.10 Å². The van der Waals surface area contributed by atoms with Crippen LogP contribution in [0.15, 0.2) is 18.2 Å². The van der Waals surface area contributed by atoms with Crippen molar-refractivity contribution in [3.8, 4) is 6.07 Å². The number of nitrogens with zero attached hydrogens (tertiary/aromatic N) is 2. The Bertz CT molecular complexity index is 461. The van der Waals surface area contributed by atoms with E-state index in [-0.39, 0.29) is 5.78 Å². The van der Waals surface area contributed by atoms with Crippen molar-refractivity contribution in [1.29, 1.82) is 5.26 Å². The van der Waals surface area contributed by atoms with Crippen molar-refractivity contribution < 1.29 is 9.90 Å². The number of aliphatic hydroxyl groups excluding tert-OH is 1. The zero-order chi connectivity index (χ0) is 13.0. The van der Waals surface area contributed by atoms with Crippen molar-refractivity contribution in [3.05, 3.63) is 29.3 Å². The van der Waals surface area contributed by atoms with E-state index in [4.69, 9.17) is 5.26 Å². The van der Waals surface area contributed by atoms with Gasteiger partial charge in [-0.15, -0.1) is 0 Å². The summed E-state index contributed by atoms with van der Waals surface area (Å²) in [5.41, 5.74) is 1.74. The Balaban J connectivity index is 3.18. The van der Waals surface area contributed by atoms with E-state index >= 15 is 0 Å². The van der Waals surface area contributed by atoms with E-state index in [2.05, 4.69) is 0 Å². The zero-order valence-corrected chi connectivity index (χ0v) is 10.3. The summed E-state index contributed by atoms with van der Waals surface area (Å²) < 4.78 is 0. The molecule has 0 amide bonds. The first-order chi connectivity index (χ1) is 7.95. The number of benzene rings is 1. The Morgan fingerprint density at radius 2 is 2.24 bits per heavy atom. The molecule has 0 spiro atoms. The molecule has 0 radical (unpaired) electrons. The number of rotatable bonds is 4. The van der Waals surface area contributed by atoms with Crippen molar-refractivity contribution in [1.82, 2.24) is 0 Å². The van der Waals surface area contributed by atoms with E-state index in [1.807, 2.05) is 6.07 Å². The van der Waals surface area contributed by atoms with Gasteiger partial charge < -0.3 is 10.0 Å². The number of anilines is 1. The zero-order valence-electron chi connectivity index (χ0n) is 10.3. The fourth-order valence-electron chi connectivity index (χ4n) is 1.71. The number of carbonyl (C=O) groups excluding carboxylic acids is 1. The number of ketones is 1. The smallest absolute Gasteiger partial charge is 0.161 e. The minimum absolute atomic E-state index is 0.0538. The van der Waals surface area contributed by atoms with Gasteiger partial charge in [-0.1, -0.05) is 0 Å². The first kappa shape index (κ1) is 13.2. The number of hydrogen-bond donors (Lipinski definition) is 1. The number of nitriles is 1. The summed E-state index contributed by atoms with van der Waals surface area (Å²) in [6, 6.07) is 6.98. The molecule has 1 aromatic rings. The summed E-state index contributed by atoms with van der Waals surface area (Å²) in [5.74, 6) is -0.0538. The molecule has 1 N–H and O–H groups in total. The van der Waals surface area contributed by atoms with Gasteiger partial charge in [-0.2, -0.15) is 5.26 Å². The molecule has 0 heterocycles. The average molecular weight is 232 g/mol. The van der Waals surface area contributed by atoms with Crippen LogP contribution in [0.4, 0.5) is 5.69 Å².